The molecule has 0 aliphatic rings. The highest BCUT2D eigenvalue weighted by Crippen LogP contribution is 2.31. The fraction of sp³-hybridized carbons (Fsp3) is 0.300. The first-order chi connectivity index (χ1) is 12.8. The maximum Gasteiger partial charge on any atom is 0.266 e. The van der Waals surface area contributed by atoms with Crippen molar-refractivity contribution in [2.24, 2.45) is 5.92 Å². The Balaban J connectivity index is 1.79. The number of carbonyl (C=O) groups excluding carboxylic acids is 2. The van der Waals surface area contributed by atoms with E-state index in [1.165, 1.54) is 11.3 Å². The minimum atomic E-state index is -0.175. The molecule has 0 bridgehead atoms. The third-order valence-electron chi connectivity index (χ3n) is 4.22. The van der Waals surface area contributed by atoms with E-state index in [4.69, 9.17) is 0 Å². The van der Waals surface area contributed by atoms with Crippen molar-refractivity contribution in [1.29, 1.82) is 0 Å². The van der Waals surface area contributed by atoms with E-state index in [2.05, 4.69) is 20.6 Å². The van der Waals surface area contributed by atoms with E-state index in [1.54, 1.807) is 24.3 Å². The zero-order valence-electron chi connectivity index (χ0n) is 16.0. The highest BCUT2D eigenvalue weighted by Gasteiger charge is 2.19. The van der Waals surface area contributed by atoms with E-state index in [0.717, 1.165) is 21.5 Å². The number of fused-ring (bicyclic) bond motifs is 1. The van der Waals surface area contributed by atoms with Crippen LogP contribution >= 0.6 is 11.3 Å². The molecule has 0 unspecified atom stereocenters. The van der Waals surface area contributed by atoms with Crippen LogP contribution < -0.4 is 10.6 Å². The van der Waals surface area contributed by atoms with Crippen LogP contribution in [0.15, 0.2) is 24.3 Å². The molecule has 140 valence electrons. The number of carbonyl (C=O) groups is 2. The second-order valence-corrected chi connectivity index (χ2v) is 7.77. The molecule has 27 heavy (non-hydrogen) atoms. The number of aromatic nitrogens is 2. The van der Waals surface area contributed by atoms with E-state index in [1.807, 2.05) is 34.6 Å². The largest absolute Gasteiger partial charge is 0.326 e. The van der Waals surface area contributed by atoms with Gasteiger partial charge in [-0.1, -0.05) is 13.8 Å². The lowest BCUT2D eigenvalue weighted by Gasteiger charge is -2.09. The predicted molar refractivity (Wildman–Crippen MR) is 109 cm³/mol. The maximum atomic E-state index is 12.7. The molecule has 0 aliphatic carbocycles. The zero-order valence-corrected chi connectivity index (χ0v) is 16.8. The number of nitrogens with one attached hydrogen (secondary N) is 2. The Hall–Kier alpha value is -2.80. The van der Waals surface area contributed by atoms with Gasteiger partial charge in [-0.05, 0) is 50.6 Å². The number of hydrogen-bond donors (Lipinski definition) is 2. The van der Waals surface area contributed by atoms with Crippen LogP contribution in [0.1, 0.15) is 40.6 Å². The quantitative estimate of drug-likeness (QED) is 0.697. The van der Waals surface area contributed by atoms with E-state index in [-0.39, 0.29) is 17.7 Å². The highest BCUT2D eigenvalue weighted by atomic mass is 32.1. The molecular formula is C20H22N4O2S. The summed E-state index contributed by atoms with van der Waals surface area (Å²) in [5.74, 6) is 0.397. The van der Waals surface area contributed by atoms with Gasteiger partial charge in [0.15, 0.2) is 0 Å². The van der Waals surface area contributed by atoms with Crippen molar-refractivity contribution in [3.63, 3.8) is 0 Å². The van der Waals surface area contributed by atoms with Crippen LogP contribution in [-0.2, 0) is 4.79 Å². The minimum absolute atomic E-state index is 0.0422. The third-order valence-corrected chi connectivity index (χ3v) is 5.41. The average Bonchev–Trinajstić information content (AvgIpc) is 2.93. The van der Waals surface area contributed by atoms with E-state index >= 15 is 0 Å². The highest BCUT2D eigenvalue weighted by molar-refractivity contribution is 7.20. The summed E-state index contributed by atoms with van der Waals surface area (Å²) in [7, 11) is 0. The first-order valence-corrected chi connectivity index (χ1v) is 9.54. The summed E-state index contributed by atoms with van der Waals surface area (Å²) < 4.78 is 0. The van der Waals surface area contributed by atoms with Gasteiger partial charge in [-0.3, -0.25) is 9.59 Å². The van der Waals surface area contributed by atoms with Gasteiger partial charge in [0.2, 0.25) is 5.91 Å². The summed E-state index contributed by atoms with van der Waals surface area (Å²) in [5, 5.41) is 6.68. The fourth-order valence-corrected chi connectivity index (χ4v) is 3.97. The van der Waals surface area contributed by atoms with Gasteiger partial charge in [0.1, 0.15) is 10.7 Å². The first kappa shape index (κ1) is 19.0. The fourth-order valence-electron chi connectivity index (χ4n) is 2.80. The Morgan fingerprint density at radius 2 is 1.56 bits per heavy atom. The molecule has 2 heterocycles. The number of rotatable bonds is 4. The van der Waals surface area contributed by atoms with E-state index < -0.39 is 0 Å². The number of nitrogens with zero attached hydrogens (tertiary/aromatic N) is 2. The smallest absolute Gasteiger partial charge is 0.266 e. The Bertz CT molecular complexity index is 1020. The molecule has 2 amide bonds. The van der Waals surface area contributed by atoms with E-state index in [0.29, 0.717) is 22.1 Å². The molecule has 0 fully saturated rings. The van der Waals surface area contributed by atoms with Gasteiger partial charge in [0.05, 0.1) is 4.88 Å². The lowest BCUT2D eigenvalue weighted by molar-refractivity contribution is -0.118. The second-order valence-electron chi connectivity index (χ2n) is 6.77. The Kier molecular flexibility index (Phi) is 5.23. The van der Waals surface area contributed by atoms with Crippen LogP contribution in [0.5, 0.6) is 0 Å². The molecule has 6 nitrogen and oxygen atoms in total. The summed E-state index contributed by atoms with van der Waals surface area (Å²) >= 11 is 1.37. The topological polar surface area (TPSA) is 84.0 Å². The maximum absolute atomic E-state index is 12.7. The molecule has 2 N–H and O–H groups in total. The molecule has 0 spiro atoms. The van der Waals surface area contributed by atoms with Crippen molar-refractivity contribution in [1.82, 2.24) is 9.97 Å². The van der Waals surface area contributed by atoms with Crippen LogP contribution in [0.4, 0.5) is 11.4 Å². The summed E-state index contributed by atoms with van der Waals surface area (Å²) in [6.45, 7) is 9.38. The SMILES string of the molecule is Cc1nc(C)c2c(C)c(C(=O)Nc3ccc(NC(=O)C(C)C)cc3)sc2n1. The van der Waals surface area contributed by atoms with Gasteiger partial charge in [0, 0.05) is 28.4 Å². The molecule has 1 aromatic carbocycles. The lowest BCUT2D eigenvalue weighted by Crippen LogP contribution is -2.17. The normalized spacial score (nSPS) is 11.0. The second kappa shape index (κ2) is 7.44. The third kappa shape index (κ3) is 3.98. The van der Waals surface area contributed by atoms with Crippen LogP contribution in [0, 0.1) is 26.7 Å². The molecule has 0 atom stereocenters. The predicted octanol–water partition coefficient (Wildman–Crippen LogP) is 4.46. The number of hydrogen-bond acceptors (Lipinski definition) is 5. The standard InChI is InChI=1S/C20H22N4O2S/c1-10(2)18(25)23-14-6-8-15(9-7-14)24-19(26)17-11(3)16-12(4)21-13(5)22-20(16)27-17/h6-10H,1-5H3,(H,23,25)(H,24,26). The van der Waals surface area contributed by atoms with Gasteiger partial charge in [0.25, 0.3) is 5.91 Å². The van der Waals surface area contributed by atoms with Crippen LogP contribution in [0.2, 0.25) is 0 Å². The summed E-state index contributed by atoms with van der Waals surface area (Å²) in [4.78, 5) is 34.8. The monoisotopic (exact) mass is 382 g/mol. The molecule has 3 rings (SSSR count). The molecule has 3 aromatic rings. The summed E-state index contributed by atoms with van der Waals surface area (Å²) in [6, 6.07) is 7.08. The molecule has 0 saturated carbocycles. The van der Waals surface area contributed by atoms with E-state index in [9.17, 15) is 9.59 Å². The Labute approximate surface area is 162 Å². The lowest BCUT2D eigenvalue weighted by atomic mass is 10.1. The van der Waals surface area contributed by atoms with Crippen molar-refractivity contribution in [2.45, 2.75) is 34.6 Å². The number of amides is 2. The van der Waals surface area contributed by atoms with Crippen molar-refractivity contribution in [2.75, 3.05) is 10.6 Å². The minimum Gasteiger partial charge on any atom is -0.326 e. The summed E-state index contributed by atoms with van der Waals surface area (Å²) in [5.41, 5.74) is 3.14. The van der Waals surface area contributed by atoms with Crippen molar-refractivity contribution < 1.29 is 9.59 Å². The molecular weight excluding hydrogens is 360 g/mol. The van der Waals surface area contributed by atoms with Crippen LogP contribution in [-0.4, -0.2) is 21.8 Å². The van der Waals surface area contributed by atoms with Crippen LogP contribution in [0.3, 0.4) is 0 Å². The molecule has 0 aliphatic heterocycles. The van der Waals surface area contributed by atoms with Gasteiger partial charge < -0.3 is 10.6 Å². The number of anilines is 2. The van der Waals surface area contributed by atoms with Crippen molar-refractivity contribution in [3.8, 4) is 0 Å². The summed E-state index contributed by atoms with van der Waals surface area (Å²) in [6.07, 6.45) is 0. The Morgan fingerprint density at radius 3 is 2.15 bits per heavy atom. The van der Waals surface area contributed by atoms with Gasteiger partial charge in [-0.2, -0.15) is 0 Å². The van der Waals surface area contributed by atoms with Gasteiger partial charge in [-0.15, -0.1) is 11.3 Å². The molecule has 7 heteroatoms. The van der Waals surface area contributed by atoms with Gasteiger partial charge in [-0.25, -0.2) is 9.97 Å². The molecule has 0 saturated heterocycles. The average molecular weight is 382 g/mol. The number of thiophene rings is 1. The van der Waals surface area contributed by atoms with Crippen molar-refractivity contribution >= 4 is 44.7 Å². The first-order valence-electron chi connectivity index (χ1n) is 8.73. The zero-order chi connectivity index (χ0) is 19.7. The number of benzene rings is 1. The molecule has 0 radical (unpaired) electrons. The van der Waals surface area contributed by atoms with Gasteiger partial charge >= 0.3 is 0 Å². The van der Waals surface area contributed by atoms with Crippen LogP contribution in [0.25, 0.3) is 10.2 Å². The number of aryl methyl sites for hydroxylation is 3. The molecule has 2 aromatic heterocycles. The Morgan fingerprint density at radius 1 is 0.963 bits per heavy atom. The van der Waals surface area contributed by atoms with Crippen molar-refractivity contribution in [3.05, 3.63) is 46.2 Å².